The highest BCUT2D eigenvalue weighted by atomic mass is 16.3. The maximum atomic E-state index is 9.91. The molecule has 1 nitrogen and oxygen atoms in total. The van der Waals surface area contributed by atoms with Gasteiger partial charge >= 0.3 is 0 Å². The third-order valence-electron chi connectivity index (χ3n) is 3.59. The van der Waals surface area contributed by atoms with E-state index in [0.717, 1.165) is 18.4 Å². The van der Waals surface area contributed by atoms with E-state index in [1.165, 1.54) is 22.3 Å². The van der Waals surface area contributed by atoms with Crippen LogP contribution in [-0.4, -0.2) is 5.11 Å². The van der Waals surface area contributed by atoms with Gasteiger partial charge in [0.25, 0.3) is 0 Å². The van der Waals surface area contributed by atoms with Crippen molar-refractivity contribution in [1.82, 2.24) is 0 Å². The van der Waals surface area contributed by atoms with E-state index >= 15 is 0 Å². The Morgan fingerprint density at radius 2 is 1.82 bits per heavy atom. The van der Waals surface area contributed by atoms with E-state index in [-0.39, 0.29) is 6.10 Å². The normalized spacial score (nSPS) is 14.2. The summed E-state index contributed by atoms with van der Waals surface area (Å²) in [5.41, 5.74) is 6.42. The number of rotatable bonds is 2. The van der Waals surface area contributed by atoms with E-state index in [4.69, 9.17) is 0 Å². The van der Waals surface area contributed by atoms with Crippen LogP contribution in [0.1, 0.15) is 36.1 Å². The molecule has 0 spiro atoms. The smallest absolute Gasteiger partial charge is 0.0787 e. The van der Waals surface area contributed by atoms with E-state index in [2.05, 4.69) is 42.5 Å². The molecule has 0 bridgehead atoms. The van der Waals surface area contributed by atoms with Crippen LogP contribution >= 0.6 is 0 Å². The number of aliphatic hydroxyl groups is 1. The largest absolute Gasteiger partial charge is 0.388 e. The number of hydrogen-bond donors (Lipinski definition) is 1. The third kappa shape index (κ3) is 1.67. The van der Waals surface area contributed by atoms with Crippen molar-refractivity contribution >= 4 is 0 Å². The first-order chi connectivity index (χ1) is 8.29. The summed E-state index contributed by atoms with van der Waals surface area (Å²) in [6, 6.07) is 14.9. The topological polar surface area (TPSA) is 20.2 Å². The second kappa shape index (κ2) is 4.01. The van der Waals surface area contributed by atoms with Crippen LogP contribution in [0.4, 0.5) is 0 Å². The second-order valence-corrected chi connectivity index (χ2v) is 4.67. The fourth-order valence-corrected chi connectivity index (χ4v) is 2.58. The van der Waals surface area contributed by atoms with Gasteiger partial charge in [-0.3, -0.25) is 0 Å². The zero-order valence-electron chi connectivity index (χ0n) is 9.98. The lowest BCUT2D eigenvalue weighted by Gasteiger charge is -2.10. The van der Waals surface area contributed by atoms with E-state index in [0.29, 0.717) is 0 Å². The van der Waals surface area contributed by atoms with Crippen LogP contribution in [0, 0.1) is 0 Å². The Bertz CT molecular complexity index is 557. The Morgan fingerprint density at radius 1 is 1.06 bits per heavy atom. The number of aliphatic hydroxyl groups excluding tert-OH is 1. The molecule has 1 N–H and O–H groups in total. The SMILES string of the molecule is CCC(O)c1ccc2c(c1)-c1ccccc1C2. The van der Waals surface area contributed by atoms with Crippen molar-refractivity contribution in [3.8, 4) is 11.1 Å². The van der Waals surface area contributed by atoms with Gasteiger partial charge in [0, 0.05) is 0 Å². The molecule has 0 fully saturated rings. The summed E-state index contributed by atoms with van der Waals surface area (Å²) in [5.74, 6) is 0. The number of hydrogen-bond acceptors (Lipinski definition) is 1. The monoisotopic (exact) mass is 224 g/mol. The molecule has 0 heterocycles. The van der Waals surface area contributed by atoms with Gasteiger partial charge in [0.2, 0.25) is 0 Å². The predicted octanol–water partition coefficient (Wildman–Crippen LogP) is 3.70. The van der Waals surface area contributed by atoms with Crippen molar-refractivity contribution in [2.24, 2.45) is 0 Å². The highest BCUT2D eigenvalue weighted by Crippen LogP contribution is 2.37. The lowest BCUT2D eigenvalue weighted by atomic mass is 9.99. The lowest BCUT2D eigenvalue weighted by molar-refractivity contribution is 0.173. The highest BCUT2D eigenvalue weighted by molar-refractivity contribution is 5.77. The van der Waals surface area contributed by atoms with Crippen LogP contribution in [0.25, 0.3) is 11.1 Å². The van der Waals surface area contributed by atoms with Gasteiger partial charge in [-0.05, 0) is 46.7 Å². The minimum Gasteiger partial charge on any atom is -0.388 e. The first-order valence-corrected chi connectivity index (χ1v) is 6.18. The predicted molar refractivity (Wildman–Crippen MR) is 69.9 cm³/mol. The van der Waals surface area contributed by atoms with Gasteiger partial charge in [-0.15, -0.1) is 0 Å². The standard InChI is InChI=1S/C16H16O/c1-2-16(17)13-8-7-12-9-11-5-3-4-6-14(11)15(12)10-13/h3-8,10,16-17H,2,9H2,1H3. The van der Waals surface area contributed by atoms with Crippen LogP contribution in [0.5, 0.6) is 0 Å². The molecule has 0 saturated carbocycles. The molecule has 1 aliphatic rings. The van der Waals surface area contributed by atoms with Crippen molar-refractivity contribution in [2.45, 2.75) is 25.9 Å². The summed E-state index contributed by atoms with van der Waals surface area (Å²) in [6.07, 6.45) is 1.45. The van der Waals surface area contributed by atoms with Gasteiger partial charge in [0.05, 0.1) is 6.10 Å². The molecule has 0 saturated heterocycles. The van der Waals surface area contributed by atoms with Crippen LogP contribution in [0.2, 0.25) is 0 Å². The molecule has 0 amide bonds. The fourth-order valence-electron chi connectivity index (χ4n) is 2.58. The molecule has 1 atom stereocenters. The quantitative estimate of drug-likeness (QED) is 0.703. The summed E-state index contributed by atoms with van der Waals surface area (Å²) in [7, 11) is 0. The Hall–Kier alpha value is -1.60. The van der Waals surface area contributed by atoms with Crippen molar-refractivity contribution in [3.63, 3.8) is 0 Å². The van der Waals surface area contributed by atoms with Crippen LogP contribution < -0.4 is 0 Å². The highest BCUT2D eigenvalue weighted by Gasteiger charge is 2.18. The Balaban J connectivity index is 2.11. The van der Waals surface area contributed by atoms with Crippen LogP contribution in [0.15, 0.2) is 42.5 Å². The fraction of sp³-hybridized carbons (Fsp3) is 0.250. The zero-order valence-corrected chi connectivity index (χ0v) is 9.98. The molecule has 1 heteroatoms. The maximum absolute atomic E-state index is 9.91. The minimum atomic E-state index is -0.340. The van der Waals surface area contributed by atoms with Gasteiger partial charge < -0.3 is 5.11 Å². The summed E-state index contributed by atoms with van der Waals surface area (Å²) in [5, 5.41) is 9.91. The minimum absolute atomic E-state index is 0.340. The molecule has 0 radical (unpaired) electrons. The van der Waals surface area contributed by atoms with Gasteiger partial charge in [-0.2, -0.15) is 0 Å². The van der Waals surface area contributed by atoms with Gasteiger partial charge in [-0.25, -0.2) is 0 Å². The molecule has 86 valence electrons. The molecule has 3 rings (SSSR count). The number of benzene rings is 2. The summed E-state index contributed by atoms with van der Waals surface area (Å²) >= 11 is 0. The van der Waals surface area contributed by atoms with Gasteiger partial charge in [0.15, 0.2) is 0 Å². The lowest BCUT2D eigenvalue weighted by Crippen LogP contribution is -1.95. The maximum Gasteiger partial charge on any atom is 0.0787 e. The molecule has 2 aromatic rings. The van der Waals surface area contributed by atoms with Crippen molar-refractivity contribution in [2.75, 3.05) is 0 Å². The van der Waals surface area contributed by atoms with Crippen LogP contribution in [-0.2, 0) is 6.42 Å². The van der Waals surface area contributed by atoms with Gasteiger partial charge in [-0.1, -0.05) is 43.3 Å². The second-order valence-electron chi connectivity index (χ2n) is 4.67. The van der Waals surface area contributed by atoms with E-state index < -0.39 is 0 Å². The summed E-state index contributed by atoms with van der Waals surface area (Å²) in [6.45, 7) is 2.01. The average molecular weight is 224 g/mol. The molecule has 17 heavy (non-hydrogen) atoms. The van der Waals surface area contributed by atoms with E-state index in [1.807, 2.05) is 6.92 Å². The number of fused-ring (bicyclic) bond motifs is 3. The Morgan fingerprint density at radius 3 is 2.65 bits per heavy atom. The Labute approximate surface area is 102 Å². The zero-order chi connectivity index (χ0) is 11.8. The average Bonchev–Trinajstić information content (AvgIpc) is 2.75. The third-order valence-corrected chi connectivity index (χ3v) is 3.59. The summed E-state index contributed by atoms with van der Waals surface area (Å²) in [4.78, 5) is 0. The molecule has 1 unspecified atom stereocenters. The van der Waals surface area contributed by atoms with Crippen LogP contribution in [0.3, 0.4) is 0 Å². The molecule has 1 aliphatic carbocycles. The molecule has 0 aromatic heterocycles. The van der Waals surface area contributed by atoms with Crippen molar-refractivity contribution < 1.29 is 5.11 Å². The van der Waals surface area contributed by atoms with Crippen molar-refractivity contribution in [1.29, 1.82) is 0 Å². The first kappa shape index (κ1) is 10.5. The molecular formula is C16H16O. The molecule has 0 aliphatic heterocycles. The van der Waals surface area contributed by atoms with E-state index in [9.17, 15) is 5.11 Å². The van der Waals surface area contributed by atoms with Gasteiger partial charge in [0.1, 0.15) is 0 Å². The Kier molecular flexibility index (Phi) is 2.49. The summed E-state index contributed by atoms with van der Waals surface area (Å²) < 4.78 is 0. The van der Waals surface area contributed by atoms with E-state index in [1.54, 1.807) is 0 Å². The molecular weight excluding hydrogens is 208 g/mol. The van der Waals surface area contributed by atoms with Crippen molar-refractivity contribution in [3.05, 3.63) is 59.2 Å². The molecule has 2 aromatic carbocycles. The first-order valence-electron chi connectivity index (χ1n) is 6.18.